The van der Waals surface area contributed by atoms with E-state index in [4.69, 9.17) is 5.11 Å². The SMILES string of the molecule is CC(=O)N(CC(C)C)c1ccc(C(=O)O)c(O)c1. The highest BCUT2D eigenvalue weighted by molar-refractivity contribution is 5.95. The van der Waals surface area contributed by atoms with E-state index in [0.717, 1.165) is 0 Å². The van der Waals surface area contributed by atoms with Crippen LogP contribution in [-0.4, -0.2) is 28.6 Å². The lowest BCUT2D eigenvalue weighted by molar-refractivity contribution is -0.116. The third-order valence-electron chi connectivity index (χ3n) is 2.45. The first-order valence-electron chi connectivity index (χ1n) is 5.67. The molecular formula is C13H17NO4. The monoisotopic (exact) mass is 251 g/mol. The molecule has 0 radical (unpaired) electrons. The minimum Gasteiger partial charge on any atom is -0.507 e. The molecule has 0 heterocycles. The van der Waals surface area contributed by atoms with E-state index in [1.807, 2.05) is 13.8 Å². The molecular weight excluding hydrogens is 234 g/mol. The minimum atomic E-state index is -1.20. The number of phenols is 1. The lowest BCUT2D eigenvalue weighted by atomic mass is 10.1. The lowest BCUT2D eigenvalue weighted by Gasteiger charge is -2.23. The highest BCUT2D eigenvalue weighted by Gasteiger charge is 2.16. The molecule has 0 fully saturated rings. The van der Waals surface area contributed by atoms with Crippen molar-refractivity contribution >= 4 is 17.6 Å². The summed E-state index contributed by atoms with van der Waals surface area (Å²) in [6.07, 6.45) is 0. The van der Waals surface area contributed by atoms with Crippen LogP contribution < -0.4 is 4.90 Å². The number of hydrogen-bond donors (Lipinski definition) is 2. The molecule has 0 atom stereocenters. The molecule has 0 aliphatic carbocycles. The maximum absolute atomic E-state index is 11.5. The van der Waals surface area contributed by atoms with E-state index in [2.05, 4.69) is 0 Å². The summed E-state index contributed by atoms with van der Waals surface area (Å²) in [5, 5.41) is 18.4. The van der Waals surface area contributed by atoms with Gasteiger partial charge in [0.1, 0.15) is 11.3 Å². The Bertz CT molecular complexity index is 468. The van der Waals surface area contributed by atoms with Crippen molar-refractivity contribution in [2.75, 3.05) is 11.4 Å². The Kier molecular flexibility index (Phi) is 4.31. The number of carboxylic acid groups (broad SMARTS) is 1. The molecule has 1 aromatic rings. The number of carbonyl (C=O) groups excluding carboxylic acids is 1. The molecule has 5 heteroatoms. The van der Waals surface area contributed by atoms with Gasteiger partial charge in [-0.2, -0.15) is 0 Å². The van der Waals surface area contributed by atoms with Crippen molar-refractivity contribution < 1.29 is 19.8 Å². The number of carboxylic acids is 1. The summed E-state index contributed by atoms with van der Waals surface area (Å²) in [6, 6.07) is 4.11. The Labute approximate surface area is 106 Å². The highest BCUT2D eigenvalue weighted by atomic mass is 16.4. The highest BCUT2D eigenvalue weighted by Crippen LogP contribution is 2.25. The van der Waals surface area contributed by atoms with Crippen LogP contribution in [0.2, 0.25) is 0 Å². The second-order valence-electron chi connectivity index (χ2n) is 4.53. The van der Waals surface area contributed by atoms with Gasteiger partial charge in [-0.3, -0.25) is 4.79 Å². The molecule has 0 aliphatic rings. The zero-order valence-corrected chi connectivity index (χ0v) is 10.7. The summed E-state index contributed by atoms with van der Waals surface area (Å²) in [5.41, 5.74) is 0.325. The van der Waals surface area contributed by atoms with Crippen LogP contribution in [0.15, 0.2) is 18.2 Å². The molecule has 0 saturated heterocycles. The van der Waals surface area contributed by atoms with Crippen molar-refractivity contribution in [1.29, 1.82) is 0 Å². The number of carbonyl (C=O) groups is 2. The van der Waals surface area contributed by atoms with Crippen molar-refractivity contribution in [3.8, 4) is 5.75 Å². The standard InChI is InChI=1S/C13H17NO4/c1-8(2)7-14(9(3)15)10-4-5-11(13(17)18)12(16)6-10/h4-6,8,16H,7H2,1-3H3,(H,17,18). The van der Waals surface area contributed by atoms with Crippen molar-refractivity contribution in [3.63, 3.8) is 0 Å². The van der Waals surface area contributed by atoms with E-state index in [0.29, 0.717) is 12.2 Å². The lowest BCUT2D eigenvalue weighted by Crippen LogP contribution is -2.32. The van der Waals surface area contributed by atoms with Crippen molar-refractivity contribution in [3.05, 3.63) is 23.8 Å². The summed E-state index contributed by atoms with van der Waals surface area (Å²) in [6.45, 7) is 5.90. The van der Waals surface area contributed by atoms with Gasteiger partial charge in [-0.15, -0.1) is 0 Å². The number of nitrogens with zero attached hydrogens (tertiary/aromatic N) is 1. The van der Waals surface area contributed by atoms with E-state index < -0.39 is 5.97 Å². The Morgan fingerprint density at radius 3 is 2.33 bits per heavy atom. The van der Waals surface area contributed by atoms with Gasteiger partial charge >= 0.3 is 5.97 Å². The van der Waals surface area contributed by atoms with Crippen LogP contribution in [-0.2, 0) is 4.79 Å². The minimum absolute atomic E-state index is 0.147. The van der Waals surface area contributed by atoms with Gasteiger partial charge in [0, 0.05) is 25.2 Å². The van der Waals surface area contributed by atoms with E-state index >= 15 is 0 Å². The van der Waals surface area contributed by atoms with Crippen LogP contribution in [0, 0.1) is 5.92 Å². The van der Waals surface area contributed by atoms with Crippen LogP contribution in [0.5, 0.6) is 5.75 Å². The second kappa shape index (κ2) is 5.53. The molecule has 18 heavy (non-hydrogen) atoms. The maximum Gasteiger partial charge on any atom is 0.339 e. The Balaban J connectivity index is 3.11. The first kappa shape index (κ1) is 14.0. The quantitative estimate of drug-likeness (QED) is 0.859. The van der Waals surface area contributed by atoms with E-state index in [1.54, 1.807) is 0 Å². The predicted molar refractivity (Wildman–Crippen MR) is 67.9 cm³/mol. The molecule has 2 N–H and O–H groups in total. The van der Waals surface area contributed by atoms with Gasteiger partial charge in [0.2, 0.25) is 5.91 Å². The number of aromatic hydroxyl groups is 1. The zero-order chi connectivity index (χ0) is 13.9. The molecule has 0 saturated carbocycles. The predicted octanol–water partition coefficient (Wildman–Crippen LogP) is 2.10. The fourth-order valence-corrected chi connectivity index (χ4v) is 1.65. The molecule has 0 bridgehead atoms. The molecule has 1 amide bonds. The fraction of sp³-hybridized carbons (Fsp3) is 0.385. The molecule has 0 spiro atoms. The van der Waals surface area contributed by atoms with Gasteiger partial charge in [-0.05, 0) is 18.1 Å². The molecule has 0 unspecified atom stereocenters. The molecule has 0 aliphatic heterocycles. The summed E-state index contributed by atoms with van der Waals surface area (Å²) in [7, 11) is 0. The average Bonchev–Trinajstić information content (AvgIpc) is 2.24. The summed E-state index contributed by atoms with van der Waals surface area (Å²) < 4.78 is 0. The van der Waals surface area contributed by atoms with E-state index in [1.165, 1.54) is 30.0 Å². The Morgan fingerprint density at radius 2 is 1.94 bits per heavy atom. The third kappa shape index (κ3) is 3.23. The van der Waals surface area contributed by atoms with Crippen LogP contribution >= 0.6 is 0 Å². The van der Waals surface area contributed by atoms with E-state index in [9.17, 15) is 14.7 Å². The maximum atomic E-state index is 11.5. The van der Waals surface area contributed by atoms with Gasteiger partial charge in [-0.25, -0.2) is 4.79 Å². The first-order chi connectivity index (χ1) is 8.32. The number of benzene rings is 1. The molecule has 1 aromatic carbocycles. The van der Waals surface area contributed by atoms with Gasteiger partial charge in [-0.1, -0.05) is 13.8 Å². The fourth-order valence-electron chi connectivity index (χ4n) is 1.65. The largest absolute Gasteiger partial charge is 0.507 e. The average molecular weight is 251 g/mol. The topological polar surface area (TPSA) is 77.8 Å². The van der Waals surface area contributed by atoms with Crippen LogP contribution in [0.3, 0.4) is 0 Å². The van der Waals surface area contributed by atoms with Crippen LogP contribution in [0.4, 0.5) is 5.69 Å². The number of aromatic carboxylic acids is 1. The van der Waals surface area contributed by atoms with Gasteiger partial charge in [0.05, 0.1) is 0 Å². The molecule has 98 valence electrons. The van der Waals surface area contributed by atoms with Gasteiger partial charge in [0.25, 0.3) is 0 Å². The number of rotatable bonds is 4. The van der Waals surface area contributed by atoms with Crippen LogP contribution in [0.25, 0.3) is 0 Å². The van der Waals surface area contributed by atoms with Crippen LogP contribution in [0.1, 0.15) is 31.1 Å². The zero-order valence-electron chi connectivity index (χ0n) is 10.7. The summed E-state index contributed by atoms with van der Waals surface area (Å²) >= 11 is 0. The smallest absolute Gasteiger partial charge is 0.339 e. The number of anilines is 1. The normalized spacial score (nSPS) is 10.4. The molecule has 1 rings (SSSR count). The number of amides is 1. The van der Waals surface area contributed by atoms with Gasteiger partial charge < -0.3 is 15.1 Å². The first-order valence-corrected chi connectivity index (χ1v) is 5.67. The van der Waals surface area contributed by atoms with E-state index in [-0.39, 0.29) is 23.1 Å². The summed E-state index contributed by atoms with van der Waals surface area (Å²) in [4.78, 5) is 23.8. The third-order valence-corrected chi connectivity index (χ3v) is 2.45. The van der Waals surface area contributed by atoms with Crippen molar-refractivity contribution in [2.45, 2.75) is 20.8 Å². The Morgan fingerprint density at radius 1 is 1.33 bits per heavy atom. The molecule has 0 aromatic heterocycles. The summed E-state index contributed by atoms with van der Waals surface area (Å²) in [5.74, 6) is -1.41. The number of hydrogen-bond acceptors (Lipinski definition) is 3. The second-order valence-corrected chi connectivity index (χ2v) is 4.53. The Hall–Kier alpha value is -2.04. The van der Waals surface area contributed by atoms with Crippen molar-refractivity contribution in [1.82, 2.24) is 0 Å². The molecule has 5 nitrogen and oxygen atoms in total. The van der Waals surface area contributed by atoms with Crippen molar-refractivity contribution in [2.24, 2.45) is 5.92 Å². The van der Waals surface area contributed by atoms with Gasteiger partial charge in [0.15, 0.2) is 0 Å².